The minimum Gasteiger partial charge on any atom is -0.455 e. The number of anilines is 3. The standard InChI is InChI=1S/C64H40N2OS/c1-2-17-46-41(15-1)16-13-23-47(46)42-31-35-44(36-32-42)65(45-37-33-43(34-38-45)48-24-14-30-61-62(48)54-22-7-12-29-60(54)68-61)58-40-39-52(64-63(58)53-21-6-11-28-59(53)67-64)51-20-5-10-27-57(51)66-55-25-8-3-18-49(55)50-19-4-9-26-56(50)66/h1-40H. The number of furan rings is 1. The van der Waals surface area contributed by atoms with Crippen molar-refractivity contribution in [3.8, 4) is 39.1 Å². The van der Waals surface area contributed by atoms with Crippen LogP contribution in [0.15, 0.2) is 247 Å². The lowest BCUT2D eigenvalue weighted by molar-refractivity contribution is 0.670. The van der Waals surface area contributed by atoms with E-state index >= 15 is 0 Å². The summed E-state index contributed by atoms with van der Waals surface area (Å²) >= 11 is 1.86. The number of para-hydroxylation sites is 4. The summed E-state index contributed by atoms with van der Waals surface area (Å²) < 4.78 is 12.1. The molecule has 0 aliphatic carbocycles. The van der Waals surface area contributed by atoms with Crippen LogP contribution in [0, 0.1) is 0 Å². The highest BCUT2D eigenvalue weighted by atomic mass is 32.1. The fourth-order valence-electron chi connectivity index (χ4n) is 10.8. The average molecular weight is 885 g/mol. The van der Waals surface area contributed by atoms with Crippen molar-refractivity contribution >= 4 is 103 Å². The van der Waals surface area contributed by atoms with Crippen molar-refractivity contribution in [3.05, 3.63) is 243 Å². The first-order valence-corrected chi connectivity index (χ1v) is 24.0. The molecule has 0 bridgehead atoms. The van der Waals surface area contributed by atoms with E-state index in [-0.39, 0.29) is 0 Å². The van der Waals surface area contributed by atoms with E-state index in [1.165, 1.54) is 75.0 Å². The van der Waals surface area contributed by atoms with Crippen LogP contribution in [-0.4, -0.2) is 4.57 Å². The maximum absolute atomic E-state index is 7.08. The Kier molecular flexibility index (Phi) is 8.76. The predicted molar refractivity (Wildman–Crippen MR) is 289 cm³/mol. The largest absolute Gasteiger partial charge is 0.455 e. The number of nitrogens with zero attached hydrogens (tertiary/aromatic N) is 2. The molecule has 0 unspecified atom stereocenters. The molecule has 68 heavy (non-hydrogen) atoms. The molecule has 3 heterocycles. The highest BCUT2D eigenvalue weighted by Gasteiger charge is 2.25. The zero-order chi connectivity index (χ0) is 44.7. The Morgan fingerprint density at radius 3 is 1.66 bits per heavy atom. The normalized spacial score (nSPS) is 11.8. The van der Waals surface area contributed by atoms with Gasteiger partial charge >= 0.3 is 0 Å². The van der Waals surface area contributed by atoms with E-state index in [0.717, 1.165) is 55.8 Å². The number of fused-ring (bicyclic) bond motifs is 10. The SMILES string of the molecule is c1ccc(-n2c3ccccc3c3ccccc32)c(-c2ccc(N(c3ccc(-c4cccc5ccccc45)cc3)c3ccc(-c4cccc5sc6ccccc6c45)cc3)c3c2oc2ccccc23)c1. The first-order chi connectivity index (χ1) is 33.7. The first-order valence-electron chi connectivity index (χ1n) is 23.2. The van der Waals surface area contributed by atoms with Crippen LogP contribution in [-0.2, 0) is 0 Å². The maximum atomic E-state index is 7.08. The van der Waals surface area contributed by atoms with Crippen molar-refractivity contribution in [1.82, 2.24) is 4.57 Å². The molecular formula is C64H40N2OS. The van der Waals surface area contributed by atoms with E-state index in [4.69, 9.17) is 4.42 Å². The molecule has 0 aliphatic heterocycles. The lowest BCUT2D eigenvalue weighted by Gasteiger charge is -2.27. The third-order valence-corrected chi connectivity index (χ3v) is 15.0. The molecule has 0 spiro atoms. The molecule has 14 rings (SSSR count). The average Bonchev–Trinajstić information content (AvgIpc) is 4.10. The summed E-state index contributed by atoms with van der Waals surface area (Å²) in [5.41, 5.74) is 15.2. The molecule has 0 saturated carbocycles. The fourth-order valence-corrected chi connectivity index (χ4v) is 11.9. The van der Waals surface area contributed by atoms with Gasteiger partial charge in [0, 0.05) is 58.8 Å². The van der Waals surface area contributed by atoms with Gasteiger partial charge in [0.2, 0.25) is 0 Å². The topological polar surface area (TPSA) is 21.3 Å². The molecule has 14 aromatic rings. The van der Waals surface area contributed by atoms with Gasteiger partial charge in [0.05, 0.1) is 27.8 Å². The summed E-state index contributed by atoms with van der Waals surface area (Å²) in [5, 5.41) is 9.68. The third kappa shape index (κ3) is 5.98. The van der Waals surface area contributed by atoms with Crippen molar-refractivity contribution in [3.63, 3.8) is 0 Å². The van der Waals surface area contributed by atoms with Crippen molar-refractivity contribution in [1.29, 1.82) is 0 Å². The fraction of sp³-hybridized carbons (Fsp3) is 0. The van der Waals surface area contributed by atoms with Crippen molar-refractivity contribution < 1.29 is 4.42 Å². The van der Waals surface area contributed by atoms with Gasteiger partial charge in [-0.1, -0.05) is 170 Å². The molecule has 0 fully saturated rings. The predicted octanol–water partition coefficient (Wildman–Crippen LogP) is 18.7. The number of hydrogen-bond donors (Lipinski definition) is 0. The summed E-state index contributed by atoms with van der Waals surface area (Å²) in [5.74, 6) is 0. The molecular weight excluding hydrogens is 845 g/mol. The Balaban J connectivity index is 0.981. The lowest BCUT2D eigenvalue weighted by Crippen LogP contribution is -2.10. The van der Waals surface area contributed by atoms with Gasteiger partial charge in [0.25, 0.3) is 0 Å². The Morgan fingerprint density at radius 2 is 0.897 bits per heavy atom. The number of benzene rings is 11. The smallest absolute Gasteiger partial charge is 0.145 e. The van der Waals surface area contributed by atoms with Crippen molar-refractivity contribution in [2.24, 2.45) is 0 Å². The van der Waals surface area contributed by atoms with E-state index in [1.54, 1.807) is 0 Å². The highest BCUT2D eigenvalue weighted by Crippen LogP contribution is 2.49. The van der Waals surface area contributed by atoms with Crippen molar-refractivity contribution in [2.75, 3.05) is 4.90 Å². The summed E-state index contributed by atoms with van der Waals surface area (Å²) in [6, 6.07) is 88.1. The zero-order valence-corrected chi connectivity index (χ0v) is 37.6. The van der Waals surface area contributed by atoms with Crippen LogP contribution in [0.25, 0.3) is 114 Å². The van der Waals surface area contributed by atoms with Gasteiger partial charge in [0.15, 0.2) is 0 Å². The lowest BCUT2D eigenvalue weighted by atomic mass is 9.96. The number of thiophene rings is 1. The molecule has 0 radical (unpaired) electrons. The highest BCUT2D eigenvalue weighted by molar-refractivity contribution is 7.25. The van der Waals surface area contributed by atoms with Gasteiger partial charge < -0.3 is 13.9 Å². The van der Waals surface area contributed by atoms with Gasteiger partial charge in [-0.15, -0.1) is 11.3 Å². The summed E-state index contributed by atoms with van der Waals surface area (Å²) in [4.78, 5) is 2.41. The minimum atomic E-state index is 0.849. The van der Waals surface area contributed by atoms with Gasteiger partial charge in [-0.2, -0.15) is 0 Å². The second kappa shape index (κ2) is 15.5. The Bertz CT molecular complexity index is 4210. The third-order valence-electron chi connectivity index (χ3n) is 13.8. The van der Waals surface area contributed by atoms with E-state index in [2.05, 4.69) is 252 Å². The van der Waals surface area contributed by atoms with Crippen LogP contribution in [0.1, 0.15) is 0 Å². The molecule has 0 N–H and O–H groups in total. The summed E-state index contributed by atoms with van der Waals surface area (Å²) in [7, 11) is 0. The Hall–Kier alpha value is -8.70. The van der Waals surface area contributed by atoms with Crippen LogP contribution in [0.5, 0.6) is 0 Å². The zero-order valence-electron chi connectivity index (χ0n) is 36.8. The van der Waals surface area contributed by atoms with E-state index in [0.29, 0.717) is 0 Å². The van der Waals surface area contributed by atoms with Gasteiger partial charge in [0.1, 0.15) is 11.2 Å². The van der Waals surface area contributed by atoms with Crippen molar-refractivity contribution in [2.45, 2.75) is 0 Å². The summed E-state index contributed by atoms with van der Waals surface area (Å²) in [6.07, 6.45) is 0. The van der Waals surface area contributed by atoms with Gasteiger partial charge in [-0.05, 0) is 106 Å². The molecule has 0 aliphatic rings. The molecule has 0 amide bonds. The van der Waals surface area contributed by atoms with E-state index < -0.39 is 0 Å². The minimum absolute atomic E-state index is 0.849. The second-order valence-electron chi connectivity index (χ2n) is 17.6. The molecule has 0 atom stereocenters. The van der Waals surface area contributed by atoms with E-state index in [1.807, 2.05) is 11.3 Å². The van der Waals surface area contributed by atoms with Gasteiger partial charge in [-0.25, -0.2) is 0 Å². The van der Waals surface area contributed by atoms with E-state index in [9.17, 15) is 0 Å². The van der Waals surface area contributed by atoms with Crippen LogP contribution in [0.4, 0.5) is 17.1 Å². The van der Waals surface area contributed by atoms with Crippen LogP contribution < -0.4 is 4.90 Å². The number of aromatic nitrogens is 1. The monoisotopic (exact) mass is 884 g/mol. The molecule has 0 saturated heterocycles. The van der Waals surface area contributed by atoms with Gasteiger partial charge in [-0.3, -0.25) is 0 Å². The molecule has 3 nitrogen and oxygen atoms in total. The summed E-state index contributed by atoms with van der Waals surface area (Å²) in [6.45, 7) is 0. The van der Waals surface area contributed by atoms with Crippen LogP contribution >= 0.6 is 11.3 Å². The number of rotatable bonds is 7. The van der Waals surface area contributed by atoms with Crippen LogP contribution in [0.2, 0.25) is 0 Å². The van der Waals surface area contributed by atoms with Crippen LogP contribution in [0.3, 0.4) is 0 Å². The molecule has 318 valence electrons. The Morgan fingerprint density at radius 1 is 0.353 bits per heavy atom. The molecule has 11 aromatic carbocycles. The maximum Gasteiger partial charge on any atom is 0.145 e. The second-order valence-corrected chi connectivity index (χ2v) is 18.6. The molecule has 3 aromatic heterocycles. The first kappa shape index (κ1) is 38.6. The quantitative estimate of drug-likeness (QED) is 0.159. The molecule has 4 heteroatoms. The number of hydrogen-bond acceptors (Lipinski definition) is 3. The Labute approximate surface area is 396 Å².